The van der Waals surface area contributed by atoms with E-state index in [0.29, 0.717) is 42.2 Å². The second kappa shape index (κ2) is 16.1. The molecule has 4 aromatic rings. The summed E-state index contributed by atoms with van der Waals surface area (Å²) in [7, 11) is 1.88. The predicted octanol–water partition coefficient (Wildman–Crippen LogP) is 1.69. The van der Waals surface area contributed by atoms with Crippen LogP contribution in [0.2, 0.25) is 0 Å². The molecule has 0 aliphatic heterocycles. The molecule has 42 heavy (non-hydrogen) atoms. The summed E-state index contributed by atoms with van der Waals surface area (Å²) in [6, 6.07) is 20.5. The van der Waals surface area contributed by atoms with Crippen LogP contribution in [0.15, 0.2) is 132 Å². The van der Waals surface area contributed by atoms with Crippen molar-refractivity contribution < 1.29 is 19.3 Å². The van der Waals surface area contributed by atoms with Crippen molar-refractivity contribution in [2.24, 2.45) is 47.9 Å². The Bertz CT molecular complexity index is 1720. The van der Waals surface area contributed by atoms with E-state index in [0.717, 1.165) is 5.56 Å². The minimum atomic E-state index is -0.0524. The number of hydrogen-bond donors (Lipinski definition) is 2. The molecule has 2 N–H and O–H groups in total. The number of aliphatic hydroxyl groups is 2. The van der Waals surface area contributed by atoms with E-state index >= 15 is 0 Å². The third-order valence-electron chi connectivity index (χ3n) is 5.82. The lowest BCUT2D eigenvalue weighted by molar-refractivity contribution is -0.685. The molecular formula is C28H32N12O2+2. The van der Waals surface area contributed by atoms with Gasteiger partial charge in [0.2, 0.25) is 0 Å². The van der Waals surface area contributed by atoms with Gasteiger partial charge in [0, 0.05) is 37.6 Å². The first-order valence-corrected chi connectivity index (χ1v) is 13.1. The lowest BCUT2D eigenvalue weighted by Gasteiger charge is -2.10. The lowest BCUT2D eigenvalue weighted by Crippen LogP contribution is -2.35. The van der Waals surface area contributed by atoms with Crippen molar-refractivity contribution in [2.75, 3.05) is 13.2 Å². The maximum Gasteiger partial charge on any atom is 0.350 e. The standard InChI is InChI=1S/C28H32N12O2/c1-37-12-5-2-8-25(37)33-29-22-31-35-27-10-4-7-14-40(27)21-24-11-15-39(17-19-42)28(20-24)36-32-23-30-34-26-9-3-6-13-38(26)16-18-41/h2-15,20,22-23,41-42H,16-19,21H2,1H3/q+2. The molecule has 0 amide bonds. The van der Waals surface area contributed by atoms with Crippen LogP contribution in [0.4, 0.5) is 11.6 Å². The number of hydrogen-bond acceptors (Lipinski definition) is 8. The average molecular weight is 569 g/mol. The van der Waals surface area contributed by atoms with Crippen LogP contribution in [-0.2, 0) is 26.7 Å². The van der Waals surface area contributed by atoms with E-state index in [-0.39, 0.29) is 13.2 Å². The number of nitrogens with zero attached hydrogens (tertiary/aromatic N) is 12. The number of azo groups is 2. The van der Waals surface area contributed by atoms with Crippen LogP contribution in [0.3, 0.4) is 0 Å². The van der Waals surface area contributed by atoms with Gasteiger partial charge in [0.05, 0.1) is 42.9 Å². The van der Waals surface area contributed by atoms with Gasteiger partial charge in [-0.15, -0.1) is 20.4 Å². The molecule has 0 fully saturated rings. The molecule has 0 saturated heterocycles. The SMILES string of the molecule is C[n+]1ccccc1N=N/C=N/N=c1\ccccn1Cc1ccn(CCO)/c(=N/N=C/N=Nc2cccc[n+]2CCO)c1. The number of aliphatic hydroxyl groups excluding tert-OH is 2. The second-order valence-electron chi connectivity index (χ2n) is 8.74. The summed E-state index contributed by atoms with van der Waals surface area (Å²) in [6.07, 6.45) is 9.96. The topological polar surface area (TPSA) is 157 Å². The summed E-state index contributed by atoms with van der Waals surface area (Å²) in [5.41, 5.74) is 2.09. The van der Waals surface area contributed by atoms with E-state index in [1.807, 2.05) is 102 Å². The third kappa shape index (κ3) is 8.84. The maximum absolute atomic E-state index is 9.49. The zero-order chi connectivity index (χ0) is 29.4. The Labute approximate surface area is 241 Å². The number of aryl methyl sites for hydroxylation is 1. The Morgan fingerprint density at radius 1 is 0.738 bits per heavy atom. The second-order valence-corrected chi connectivity index (χ2v) is 8.74. The Morgan fingerprint density at radius 3 is 2.21 bits per heavy atom. The van der Waals surface area contributed by atoms with Crippen LogP contribution in [0.25, 0.3) is 0 Å². The van der Waals surface area contributed by atoms with Crippen molar-refractivity contribution >= 4 is 24.3 Å². The fourth-order valence-corrected chi connectivity index (χ4v) is 3.79. The predicted molar refractivity (Wildman–Crippen MR) is 154 cm³/mol. The van der Waals surface area contributed by atoms with Crippen molar-refractivity contribution in [2.45, 2.75) is 19.6 Å². The van der Waals surface area contributed by atoms with Crippen molar-refractivity contribution in [1.82, 2.24) is 9.13 Å². The number of pyridine rings is 4. The van der Waals surface area contributed by atoms with Gasteiger partial charge in [0.1, 0.15) is 6.54 Å². The minimum Gasteiger partial charge on any atom is -0.395 e. The summed E-state index contributed by atoms with van der Waals surface area (Å²) >= 11 is 0. The Kier molecular flexibility index (Phi) is 11.3. The largest absolute Gasteiger partial charge is 0.395 e. The number of rotatable bonds is 12. The highest BCUT2D eigenvalue weighted by atomic mass is 16.3. The fourth-order valence-electron chi connectivity index (χ4n) is 3.79. The Morgan fingerprint density at radius 2 is 1.45 bits per heavy atom. The van der Waals surface area contributed by atoms with Crippen LogP contribution < -0.4 is 20.1 Å². The van der Waals surface area contributed by atoms with Gasteiger partial charge in [-0.1, -0.05) is 18.2 Å². The average Bonchev–Trinajstić information content (AvgIpc) is 3.00. The van der Waals surface area contributed by atoms with Crippen molar-refractivity contribution in [3.8, 4) is 0 Å². The van der Waals surface area contributed by atoms with Crippen molar-refractivity contribution in [3.05, 3.63) is 108 Å². The normalized spacial score (nSPS) is 13.0. The van der Waals surface area contributed by atoms with Gasteiger partial charge in [-0.2, -0.15) is 0 Å². The molecule has 14 heteroatoms. The van der Waals surface area contributed by atoms with Crippen LogP contribution in [0.1, 0.15) is 5.56 Å². The summed E-state index contributed by atoms with van der Waals surface area (Å²) in [5.74, 6) is 1.27. The zero-order valence-electron chi connectivity index (χ0n) is 23.1. The van der Waals surface area contributed by atoms with E-state index in [1.54, 1.807) is 15.2 Å². The fraction of sp³-hybridized carbons (Fsp3) is 0.214. The smallest absolute Gasteiger partial charge is 0.350 e. The summed E-state index contributed by atoms with van der Waals surface area (Å²) in [4.78, 5) is 0. The molecule has 0 saturated carbocycles. The molecule has 0 spiro atoms. The first-order chi connectivity index (χ1) is 20.7. The quantitative estimate of drug-likeness (QED) is 0.0877. The van der Waals surface area contributed by atoms with E-state index < -0.39 is 0 Å². The van der Waals surface area contributed by atoms with Gasteiger partial charge in [-0.3, -0.25) is 0 Å². The van der Waals surface area contributed by atoms with Crippen LogP contribution >= 0.6 is 0 Å². The van der Waals surface area contributed by atoms with Crippen molar-refractivity contribution in [3.63, 3.8) is 0 Å². The highest BCUT2D eigenvalue weighted by Crippen LogP contribution is 2.04. The molecule has 0 aliphatic carbocycles. The molecule has 0 bridgehead atoms. The van der Waals surface area contributed by atoms with Gasteiger partial charge in [0.25, 0.3) is 0 Å². The zero-order valence-corrected chi connectivity index (χ0v) is 23.1. The molecule has 4 rings (SSSR count). The first-order valence-electron chi connectivity index (χ1n) is 13.1. The van der Waals surface area contributed by atoms with Crippen LogP contribution in [-0.4, -0.2) is 45.2 Å². The van der Waals surface area contributed by atoms with E-state index in [9.17, 15) is 10.2 Å². The lowest BCUT2D eigenvalue weighted by atomic mass is 10.2. The number of aromatic nitrogens is 4. The van der Waals surface area contributed by atoms with Gasteiger partial charge in [-0.25, -0.2) is 9.13 Å². The van der Waals surface area contributed by atoms with Gasteiger partial charge in [0.15, 0.2) is 23.7 Å². The first kappa shape index (κ1) is 29.6. The summed E-state index contributed by atoms with van der Waals surface area (Å²) in [5, 5.41) is 51.6. The van der Waals surface area contributed by atoms with Gasteiger partial charge in [-0.05, 0) is 52.2 Å². The van der Waals surface area contributed by atoms with E-state index in [1.165, 1.54) is 12.7 Å². The highest BCUT2D eigenvalue weighted by Gasteiger charge is 2.07. The van der Waals surface area contributed by atoms with Crippen LogP contribution in [0.5, 0.6) is 0 Å². The Hall–Kier alpha value is -5.34. The molecule has 214 valence electrons. The third-order valence-corrected chi connectivity index (χ3v) is 5.82. The molecule has 0 atom stereocenters. The molecule has 4 aromatic heterocycles. The Balaban J connectivity index is 1.51. The molecular weight excluding hydrogens is 536 g/mol. The highest BCUT2D eigenvalue weighted by molar-refractivity contribution is 5.54. The summed E-state index contributed by atoms with van der Waals surface area (Å²) < 4.78 is 7.33. The summed E-state index contributed by atoms with van der Waals surface area (Å²) in [6.45, 7) is 1.19. The van der Waals surface area contributed by atoms with Crippen LogP contribution in [0, 0.1) is 0 Å². The molecule has 0 aliphatic rings. The molecule has 0 radical (unpaired) electrons. The minimum absolute atomic E-state index is 0.00821. The maximum atomic E-state index is 9.49. The molecule has 4 heterocycles. The molecule has 0 aromatic carbocycles. The van der Waals surface area contributed by atoms with E-state index in [4.69, 9.17) is 0 Å². The van der Waals surface area contributed by atoms with Crippen molar-refractivity contribution in [1.29, 1.82) is 0 Å². The molecule has 0 unspecified atom stereocenters. The van der Waals surface area contributed by atoms with Gasteiger partial charge < -0.3 is 19.3 Å². The van der Waals surface area contributed by atoms with E-state index in [2.05, 4.69) is 40.9 Å². The molecule has 14 nitrogen and oxygen atoms in total. The van der Waals surface area contributed by atoms with Gasteiger partial charge >= 0.3 is 11.6 Å². The monoisotopic (exact) mass is 568 g/mol.